The fourth-order valence-electron chi connectivity index (χ4n) is 9.07. The van der Waals surface area contributed by atoms with Crippen molar-refractivity contribution in [3.63, 3.8) is 0 Å². The van der Waals surface area contributed by atoms with E-state index in [1.165, 1.54) is 231 Å². The maximum atomic E-state index is 12.8. The summed E-state index contributed by atoms with van der Waals surface area (Å²) in [6.07, 6.45) is 58.0. The van der Waals surface area contributed by atoms with E-state index in [-0.39, 0.29) is 31.1 Å². The van der Waals surface area contributed by atoms with Gasteiger partial charge in [-0.05, 0) is 25.2 Å². The summed E-state index contributed by atoms with van der Waals surface area (Å²) in [7, 11) is 0. The monoisotopic (exact) mass is 919 g/mol. The topological polar surface area (TPSA) is 78.9 Å². The number of hydrogen-bond acceptors (Lipinski definition) is 6. The van der Waals surface area contributed by atoms with E-state index in [1.807, 2.05) is 0 Å². The lowest BCUT2D eigenvalue weighted by atomic mass is 9.99. The van der Waals surface area contributed by atoms with Gasteiger partial charge in [-0.25, -0.2) is 0 Å². The zero-order chi connectivity index (χ0) is 47.4. The summed E-state index contributed by atoms with van der Waals surface area (Å²) in [4.78, 5) is 38.1. The van der Waals surface area contributed by atoms with E-state index in [2.05, 4.69) is 27.7 Å². The van der Waals surface area contributed by atoms with Gasteiger partial charge in [0.15, 0.2) is 6.10 Å². The molecule has 0 saturated heterocycles. The van der Waals surface area contributed by atoms with Gasteiger partial charge in [-0.15, -0.1) is 0 Å². The Morgan fingerprint density at radius 2 is 0.538 bits per heavy atom. The van der Waals surface area contributed by atoms with Crippen LogP contribution in [0.5, 0.6) is 0 Å². The zero-order valence-corrected chi connectivity index (χ0v) is 44.5. The molecule has 0 spiro atoms. The first-order chi connectivity index (χ1) is 31.9. The van der Waals surface area contributed by atoms with E-state index in [0.29, 0.717) is 19.3 Å². The van der Waals surface area contributed by atoms with E-state index in [0.717, 1.165) is 63.7 Å². The van der Waals surface area contributed by atoms with Gasteiger partial charge in [-0.3, -0.25) is 14.4 Å². The van der Waals surface area contributed by atoms with Gasteiger partial charge in [0.05, 0.1) is 0 Å². The van der Waals surface area contributed by atoms with Crippen LogP contribution in [0.4, 0.5) is 0 Å². The second-order valence-corrected chi connectivity index (χ2v) is 20.5. The highest BCUT2D eigenvalue weighted by atomic mass is 16.6. The summed E-state index contributed by atoms with van der Waals surface area (Å²) in [6, 6.07) is 0. The standard InChI is InChI=1S/C59H114O6/c1-5-8-10-12-14-16-18-26-32-36-40-44-48-52-59(62)65-56(53-63-57(60)50-46-42-38-34-30-19-17-15-13-11-9-6-2)54-64-58(61)51-47-43-39-35-31-28-25-23-21-20-22-24-27-29-33-37-41-45-49-55(4)7-3/h55-56H,5-54H2,1-4H3/t55?,56-/m0/s1. The maximum absolute atomic E-state index is 12.8. The average Bonchev–Trinajstić information content (AvgIpc) is 3.30. The molecule has 0 aromatic carbocycles. The quantitative estimate of drug-likeness (QED) is 0.0344. The average molecular weight is 920 g/mol. The fourth-order valence-corrected chi connectivity index (χ4v) is 9.07. The number of ether oxygens (including phenoxy) is 3. The molecule has 2 atom stereocenters. The number of carbonyl (C=O) groups is 3. The molecule has 0 saturated carbocycles. The molecule has 386 valence electrons. The molecule has 6 heteroatoms. The Labute approximate surface area is 406 Å². The predicted molar refractivity (Wildman–Crippen MR) is 280 cm³/mol. The van der Waals surface area contributed by atoms with Crippen molar-refractivity contribution in [2.45, 2.75) is 342 Å². The summed E-state index contributed by atoms with van der Waals surface area (Å²) in [6.45, 7) is 9.10. The van der Waals surface area contributed by atoms with Gasteiger partial charge < -0.3 is 14.2 Å². The highest BCUT2D eigenvalue weighted by Gasteiger charge is 2.19. The maximum Gasteiger partial charge on any atom is 0.306 e. The highest BCUT2D eigenvalue weighted by molar-refractivity contribution is 5.71. The summed E-state index contributed by atoms with van der Waals surface area (Å²) in [5.41, 5.74) is 0. The molecule has 0 heterocycles. The molecule has 0 aliphatic heterocycles. The fraction of sp³-hybridized carbons (Fsp3) is 0.949. The van der Waals surface area contributed by atoms with Crippen molar-refractivity contribution < 1.29 is 28.6 Å². The molecule has 65 heavy (non-hydrogen) atoms. The summed E-state index contributed by atoms with van der Waals surface area (Å²) in [5, 5.41) is 0. The Morgan fingerprint density at radius 3 is 0.800 bits per heavy atom. The highest BCUT2D eigenvalue weighted by Crippen LogP contribution is 2.18. The third-order valence-electron chi connectivity index (χ3n) is 13.9. The van der Waals surface area contributed by atoms with Crippen LogP contribution in [0.25, 0.3) is 0 Å². The minimum absolute atomic E-state index is 0.0617. The van der Waals surface area contributed by atoms with Crippen molar-refractivity contribution in [2.75, 3.05) is 13.2 Å². The van der Waals surface area contributed by atoms with Crippen LogP contribution in [-0.4, -0.2) is 37.2 Å². The molecule has 1 unspecified atom stereocenters. The Morgan fingerprint density at radius 1 is 0.308 bits per heavy atom. The van der Waals surface area contributed by atoms with Gasteiger partial charge in [0.25, 0.3) is 0 Å². The molecule has 0 fully saturated rings. The van der Waals surface area contributed by atoms with Crippen LogP contribution in [0.3, 0.4) is 0 Å². The molecule has 0 aromatic heterocycles. The molecule has 0 N–H and O–H groups in total. The Balaban J connectivity index is 4.20. The number of carbonyl (C=O) groups excluding carboxylic acids is 3. The van der Waals surface area contributed by atoms with Gasteiger partial charge in [0, 0.05) is 19.3 Å². The van der Waals surface area contributed by atoms with Crippen molar-refractivity contribution in [1.29, 1.82) is 0 Å². The number of unbranched alkanes of at least 4 members (excludes halogenated alkanes) is 40. The molecule has 6 nitrogen and oxygen atoms in total. The van der Waals surface area contributed by atoms with Crippen molar-refractivity contribution in [2.24, 2.45) is 5.92 Å². The molecule has 0 rings (SSSR count). The van der Waals surface area contributed by atoms with Crippen LogP contribution in [0, 0.1) is 5.92 Å². The van der Waals surface area contributed by atoms with Crippen molar-refractivity contribution >= 4 is 17.9 Å². The van der Waals surface area contributed by atoms with Crippen LogP contribution in [0.15, 0.2) is 0 Å². The van der Waals surface area contributed by atoms with Gasteiger partial charge in [0.1, 0.15) is 13.2 Å². The zero-order valence-electron chi connectivity index (χ0n) is 44.5. The van der Waals surface area contributed by atoms with E-state index < -0.39 is 6.10 Å². The van der Waals surface area contributed by atoms with Crippen LogP contribution in [0.2, 0.25) is 0 Å². The molecule has 0 bridgehead atoms. The Hall–Kier alpha value is -1.59. The van der Waals surface area contributed by atoms with Crippen molar-refractivity contribution in [3.05, 3.63) is 0 Å². The van der Waals surface area contributed by atoms with Gasteiger partial charge in [-0.1, -0.05) is 297 Å². The molecular weight excluding hydrogens is 805 g/mol. The van der Waals surface area contributed by atoms with Crippen molar-refractivity contribution in [3.8, 4) is 0 Å². The predicted octanol–water partition coefficient (Wildman–Crippen LogP) is 19.4. The van der Waals surface area contributed by atoms with Crippen LogP contribution in [0.1, 0.15) is 336 Å². The molecule has 0 aliphatic rings. The Bertz CT molecular complexity index is 982. The normalized spacial score (nSPS) is 12.4. The lowest BCUT2D eigenvalue weighted by molar-refractivity contribution is -0.167. The number of hydrogen-bond donors (Lipinski definition) is 0. The Kier molecular flexibility index (Phi) is 52.1. The minimum Gasteiger partial charge on any atom is -0.462 e. The molecule has 0 amide bonds. The summed E-state index contributed by atoms with van der Waals surface area (Å²) in [5.74, 6) is 0.0747. The minimum atomic E-state index is -0.761. The second kappa shape index (κ2) is 53.4. The van der Waals surface area contributed by atoms with Gasteiger partial charge in [-0.2, -0.15) is 0 Å². The molecule has 0 aliphatic carbocycles. The van der Waals surface area contributed by atoms with E-state index in [9.17, 15) is 14.4 Å². The summed E-state index contributed by atoms with van der Waals surface area (Å²) >= 11 is 0. The number of esters is 3. The molecule has 0 aromatic rings. The van der Waals surface area contributed by atoms with E-state index in [4.69, 9.17) is 14.2 Å². The third-order valence-corrected chi connectivity index (χ3v) is 13.9. The molecular formula is C59H114O6. The first kappa shape index (κ1) is 63.4. The van der Waals surface area contributed by atoms with Crippen LogP contribution >= 0.6 is 0 Å². The van der Waals surface area contributed by atoms with E-state index >= 15 is 0 Å². The first-order valence-corrected chi connectivity index (χ1v) is 29.4. The van der Waals surface area contributed by atoms with Crippen LogP contribution < -0.4 is 0 Å². The smallest absolute Gasteiger partial charge is 0.306 e. The van der Waals surface area contributed by atoms with Crippen LogP contribution in [-0.2, 0) is 28.6 Å². The molecule has 0 radical (unpaired) electrons. The van der Waals surface area contributed by atoms with Gasteiger partial charge >= 0.3 is 17.9 Å². The third kappa shape index (κ3) is 51.6. The van der Waals surface area contributed by atoms with Crippen molar-refractivity contribution in [1.82, 2.24) is 0 Å². The SMILES string of the molecule is CCCCCCCCCCCCCCCC(=O)O[C@@H](COC(=O)CCCCCCCCCCCCCC)COC(=O)CCCCCCCCCCCCCCCCCCCCC(C)CC. The largest absolute Gasteiger partial charge is 0.462 e. The lowest BCUT2D eigenvalue weighted by Gasteiger charge is -2.18. The van der Waals surface area contributed by atoms with Gasteiger partial charge in [0.2, 0.25) is 0 Å². The second-order valence-electron chi connectivity index (χ2n) is 20.5. The number of rotatable bonds is 54. The van der Waals surface area contributed by atoms with E-state index in [1.54, 1.807) is 0 Å². The summed E-state index contributed by atoms with van der Waals surface area (Å²) < 4.78 is 16.9. The first-order valence-electron chi connectivity index (χ1n) is 29.4. The lowest BCUT2D eigenvalue weighted by Crippen LogP contribution is -2.30.